The second-order valence-corrected chi connectivity index (χ2v) is 11.0. The summed E-state index contributed by atoms with van der Waals surface area (Å²) in [7, 11) is -4.22. The third-order valence-corrected chi connectivity index (χ3v) is 8.29. The van der Waals surface area contributed by atoms with Gasteiger partial charge >= 0.3 is 6.18 Å². The van der Waals surface area contributed by atoms with Crippen molar-refractivity contribution in [2.45, 2.75) is 21.7 Å². The maximum atomic E-state index is 13.1. The topological polar surface area (TPSA) is 46.2 Å². The van der Waals surface area contributed by atoms with Crippen LogP contribution in [0, 0.1) is 0 Å². The summed E-state index contributed by atoms with van der Waals surface area (Å²) in [4.78, 5) is 0.700. The molecule has 0 spiro atoms. The molecule has 3 nitrogen and oxygen atoms in total. The molecular weight excluding hydrogens is 503 g/mol. The molecule has 36 heavy (non-hydrogen) atoms. The van der Waals surface area contributed by atoms with Crippen LogP contribution in [0.5, 0.6) is 0 Å². The average Bonchev–Trinajstić information content (AvgIpc) is 3.01. The predicted molar refractivity (Wildman–Crippen MR) is 138 cm³/mol. The van der Waals surface area contributed by atoms with Gasteiger partial charge in [-0.15, -0.1) is 11.8 Å². The average molecular weight is 524 g/mol. The van der Waals surface area contributed by atoms with Gasteiger partial charge in [0.05, 0.1) is 10.5 Å². The summed E-state index contributed by atoms with van der Waals surface area (Å²) in [5.74, 6) is 0.835. The van der Waals surface area contributed by atoms with Crippen LogP contribution in [0.1, 0.15) is 27.8 Å². The zero-order valence-corrected chi connectivity index (χ0v) is 20.4. The molecule has 0 bridgehead atoms. The van der Waals surface area contributed by atoms with Gasteiger partial charge in [0.2, 0.25) is 0 Å². The molecule has 0 aromatic heterocycles. The van der Waals surface area contributed by atoms with Crippen molar-refractivity contribution in [1.29, 1.82) is 0 Å². The van der Waals surface area contributed by atoms with E-state index < -0.39 is 26.7 Å². The smallest absolute Gasteiger partial charge is 0.280 e. The standard InChI is InChI=1S/C28H20F3NO2S2/c29-28(30,31)21-9-6-11-23(17-21)36(33,34)32-22-10-5-7-19(15-22)16-26-24-12-2-1-8-20(24)18-35-27-14-4-3-13-25(26)27/h1-17,32H,18H2/b26-16+. The molecule has 4 aromatic carbocycles. The lowest BCUT2D eigenvalue weighted by Crippen LogP contribution is -2.14. The highest BCUT2D eigenvalue weighted by Gasteiger charge is 2.31. The fourth-order valence-corrected chi connectivity index (χ4v) is 6.26. The molecule has 4 aromatic rings. The molecule has 0 fully saturated rings. The summed E-state index contributed by atoms with van der Waals surface area (Å²) >= 11 is 1.77. The summed E-state index contributed by atoms with van der Waals surface area (Å²) in [6.45, 7) is 0. The van der Waals surface area contributed by atoms with E-state index in [9.17, 15) is 21.6 Å². The molecule has 0 radical (unpaired) electrons. The van der Waals surface area contributed by atoms with Crippen LogP contribution in [0.3, 0.4) is 0 Å². The monoisotopic (exact) mass is 523 g/mol. The molecule has 1 N–H and O–H groups in total. The van der Waals surface area contributed by atoms with Gasteiger partial charge in [-0.1, -0.05) is 60.7 Å². The molecule has 0 saturated heterocycles. The molecule has 1 aliphatic heterocycles. The normalized spacial score (nSPS) is 14.6. The fraction of sp³-hybridized carbons (Fsp3) is 0.0714. The maximum absolute atomic E-state index is 13.1. The van der Waals surface area contributed by atoms with Crippen LogP contribution in [-0.4, -0.2) is 8.42 Å². The number of halogens is 3. The highest BCUT2D eigenvalue weighted by molar-refractivity contribution is 7.98. The van der Waals surface area contributed by atoms with Gasteiger partial charge in [0.1, 0.15) is 0 Å². The number of anilines is 1. The highest BCUT2D eigenvalue weighted by atomic mass is 32.2. The summed E-state index contributed by atoms with van der Waals surface area (Å²) < 4.78 is 67.4. The minimum absolute atomic E-state index is 0.256. The number of sulfonamides is 1. The van der Waals surface area contributed by atoms with Crippen molar-refractivity contribution in [3.63, 3.8) is 0 Å². The van der Waals surface area contributed by atoms with E-state index in [4.69, 9.17) is 0 Å². The van der Waals surface area contributed by atoms with Crippen LogP contribution in [0.15, 0.2) is 107 Å². The van der Waals surface area contributed by atoms with Gasteiger partial charge in [-0.05, 0) is 70.3 Å². The van der Waals surface area contributed by atoms with Crippen molar-refractivity contribution in [2.24, 2.45) is 0 Å². The Morgan fingerprint density at radius 1 is 0.806 bits per heavy atom. The number of alkyl halides is 3. The fourth-order valence-electron chi connectivity index (χ4n) is 4.09. The summed E-state index contributed by atoms with van der Waals surface area (Å²) in [6.07, 6.45) is -2.63. The summed E-state index contributed by atoms with van der Waals surface area (Å²) in [5.41, 5.74) is 4.40. The van der Waals surface area contributed by atoms with Crippen molar-refractivity contribution < 1.29 is 21.6 Å². The highest BCUT2D eigenvalue weighted by Crippen LogP contribution is 2.41. The van der Waals surface area contributed by atoms with E-state index >= 15 is 0 Å². The predicted octanol–water partition coefficient (Wildman–Crippen LogP) is 7.70. The molecule has 0 amide bonds. The Kier molecular flexibility index (Phi) is 6.40. The molecule has 0 unspecified atom stereocenters. The van der Waals surface area contributed by atoms with Crippen molar-refractivity contribution >= 4 is 39.1 Å². The van der Waals surface area contributed by atoms with Crippen LogP contribution in [0.2, 0.25) is 0 Å². The molecule has 0 saturated carbocycles. The molecule has 5 rings (SSSR count). The number of fused-ring (bicyclic) bond motifs is 2. The van der Waals surface area contributed by atoms with Crippen molar-refractivity contribution in [2.75, 3.05) is 4.72 Å². The molecule has 1 heterocycles. The molecular formula is C28H20F3NO2S2. The zero-order valence-electron chi connectivity index (χ0n) is 18.8. The Morgan fingerprint density at radius 3 is 2.33 bits per heavy atom. The van der Waals surface area contributed by atoms with E-state index in [1.165, 1.54) is 5.56 Å². The first kappa shape index (κ1) is 24.2. The number of benzene rings is 4. The third-order valence-electron chi connectivity index (χ3n) is 5.79. The summed E-state index contributed by atoms with van der Waals surface area (Å²) in [6, 6.07) is 26.8. The number of rotatable bonds is 4. The van der Waals surface area contributed by atoms with Crippen LogP contribution in [-0.2, 0) is 22.0 Å². The van der Waals surface area contributed by atoms with E-state index in [0.717, 1.165) is 51.1 Å². The Labute approximate surface area is 211 Å². The molecule has 1 aliphatic rings. The van der Waals surface area contributed by atoms with Gasteiger partial charge in [0.25, 0.3) is 10.0 Å². The largest absolute Gasteiger partial charge is 0.416 e. The van der Waals surface area contributed by atoms with Crippen LogP contribution < -0.4 is 4.72 Å². The van der Waals surface area contributed by atoms with Crippen LogP contribution in [0.25, 0.3) is 11.6 Å². The van der Waals surface area contributed by atoms with Crippen molar-refractivity contribution in [3.05, 3.63) is 125 Å². The van der Waals surface area contributed by atoms with E-state index in [1.54, 1.807) is 30.0 Å². The second kappa shape index (κ2) is 9.52. The quantitative estimate of drug-likeness (QED) is 0.298. The molecule has 8 heteroatoms. The third kappa shape index (κ3) is 5.05. The number of hydrogen-bond acceptors (Lipinski definition) is 3. The first-order valence-corrected chi connectivity index (χ1v) is 13.5. The minimum Gasteiger partial charge on any atom is -0.280 e. The van der Waals surface area contributed by atoms with Gasteiger partial charge in [0.15, 0.2) is 0 Å². The van der Waals surface area contributed by atoms with E-state index in [2.05, 4.69) is 29.0 Å². The first-order chi connectivity index (χ1) is 17.2. The van der Waals surface area contributed by atoms with Crippen molar-refractivity contribution in [1.82, 2.24) is 0 Å². The molecule has 0 aliphatic carbocycles. The van der Waals surface area contributed by atoms with Gasteiger partial charge in [-0.3, -0.25) is 4.72 Å². The van der Waals surface area contributed by atoms with Crippen LogP contribution >= 0.6 is 11.8 Å². The lowest BCUT2D eigenvalue weighted by atomic mass is 9.92. The van der Waals surface area contributed by atoms with Gasteiger partial charge < -0.3 is 0 Å². The lowest BCUT2D eigenvalue weighted by molar-refractivity contribution is -0.137. The Morgan fingerprint density at radius 2 is 1.53 bits per heavy atom. The van der Waals surface area contributed by atoms with Crippen molar-refractivity contribution in [3.8, 4) is 0 Å². The maximum Gasteiger partial charge on any atom is 0.416 e. The summed E-state index contributed by atoms with van der Waals surface area (Å²) in [5, 5.41) is 0. The number of nitrogens with one attached hydrogen (secondary N) is 1. The zero-order chi connectivity index (χ0) is 25.3. The van der Waals surface area contributed by atoms with Gasteiger partial charge in [-0.25, -0.2) is 8.42 Å². The first-order valence-electron chi connectivity index (χ1n) is 11.0. The lowest BCUT2D eigenvalue weighted by Gasteiger charge is -2.13. The van der Waals surface area contributed by atoms with E-state index in [0.29, 0.717) is 6.07 Å². The minimum atomic E-state index is -4.64. The Hall–Kier alpha value is -3.49. The van der Waals surface area contributed by atoms with Gasteiger partial charge in [-0.2, -0.15) is 13.2 Å². The molecule has 0 atom stereocenters. The number of thioether (sulfide) groups is 1. The Balaban J connectivity index is 1.52. The van der Waals surface area contributed by atoms with E-state index in [1.807, 2.05) is 36.4 Å². The van der Waals surface area contributed by atoms with E-state index in [-0.39, 0.29) is 5.69 Å². The Bertz CT molecular complexity index is 1530. The van der Waals surface area contributed by atoms with Crippen LogP contribution in [0.4, 0.5) is 18.9 Å². The molecule has 182 valence electrons. The SMILES string of the molecule is O=S(=O)(Nc1cccc(/C=C2\c3ccccc3CSc3ccccc32)c1)c1cccc(C(F)(F)F)c1. The second-order valence-electron chi connectivity index (χ2n) is 8.26. The van der Waals surface area contributed by atoms with Gasteiger partial charge in [0, 0.05) is 16.3 Å². The number of hydrogen-bond donors (Lipinski definition) is 1.